The third-order valence-corrected chi connectivity index (χ3v) is 5.33. The SMILES string of the molecule is COc1ccc(NC(=O)CN(C)C(=O)CN2C(=O)CSc3ccccc32)cc1. The van der Waals surface area contributed by atoms with E-state index in [9.17, 15) is 14.4 Å². The molecule has 0 atom stereocenters. The zero-order valence-electron chi connectivity index (χ0n) is 15.7. The Labute approximate surface area is 167 Å². The summed E-state index contributed by atoms with van der Waals surface area (Å²) in [6.07, 6.45) is 0. The molecule has 2 aromatic rings. The van der Waals surface area contributed by atoms with Gasteiger partial charge in [-0.25, -0.2) is 0 Å². The number of nitrogens with one attached hydrogen (secondary N) is 1. The standard InChI is InChI=1S/C20H21N3O4S/c1-22(11-18(24)21-14-7-9-15(27-2)10-8-14)19(25)12-23-16-5-3-4-6-17(16)28-13-20(23)26/h3-10H,11-13H2,1-2H3,(H,21,24). The minimum Gasteiger partial charge on any atom is -0.497 e. The van der Waals surface area contributed by atoms with Gasteiger partial charge in [-0.1, -0.05) is 12.1 Å². The van der Waals surface area contributed by atoms with Gasteiger partial charge in [0.15, 0.2) is 0 Å². The van der Waals surface area contributed by atoms with Crippen LogP contribution in [0.2, 0.25) is 0 Å². The Hall–Kier alpha value is -3.00. The van der Waals surface area contributed by atoms with Crippen molar-refractivity contribution in [1.29, 1.82) is 0 Å². The molecule has 0 fully saturated rings. The lowest BCUT2D eigenvalue weighted by Crippen LogP contribution is -2.45. The van der Waals surface area contributed by atoms with Gasteiger partial charge >= 0.3 is 0 Å². The average molecular weight is 399 g/mol. The number of benzene rings is 2. The third-order valence-electron chi connectivity index (χ3n) is 4.28. The first-order chi connectivity index (χ1) is 13.5. The zero-order valence-corrected chi connectivity index (χ0v) is 16.5. The molecule has 0 spiro atoms. The number of thioether (sulfide) groups is 1. The monoisotopic (exact) mass is 399 g/mol. The number of ether oxygens (including phenoxy) is 1. The lowest BCUT2D eigenvalue weighted by molar-refractivity contribution is -0.133. The van der Waals surface area contributed by atoms with Crippen LogP contribution in [-0.4, -0.2) is 55.6 Å². The molecule has 146 valence electrons. The highest BCUT2D eigenvalue weighted by Crippen LogP contribution is 2.34. The molecule has 0 aromatic heterocycles. The third kappa shape index (κ3) is 4.64. The van der Waals surface area contributed by atoms with Gasteiger partial charge in [-0.15, -0.1) is 11.8 Å². The highest BCUT2D eigenvalue weighted by Gasteiger charge is 2.27. The Morgan fingerprint density at radius 2 is 1.89 bits per heavy atom. The molecule has 3 rings (SSSR count). The van der Waals surface area contributed by atoms with E-state index in [1.54, 1.807) is 38.4 Å². The number of para-hydroxylation sites is 1. The Morgan fingerprint density at radius 1 is 1.18 bits per heavy atom. The van der Waals surface area contributed by atoms with Crippen LogP contribution in [0.25, 0.3) is 0 Å². The van der Waals surface area contributed by atoms with Crippen LogP contribution < -0.4 is 15.0 Å². The number of likely N-dealkylation sites (N-methyl/N-ethyl adjacent to an activating group) is 1. The Morgan fingerprint density at radius 3 is 2.61 bits per heavy atom. The molecule has 2 aromatic carbocycles. The van der Waals surface area contributed by atoms with E-state index < -0.39 is 0 Å². The summed E-state index contributed by atoms with van der Waals surface area (Å²) < 4.78 is 5.08. The maximum Gasteiger partial charge on any atom is 0.243 e. The van der Waals surface area contributed by atoms with E-state index in [2.05, 4.69) is 5.32 Å². The second-order valence-electron chi connectivity index (χ2n) is 6.26. The van der Waals surface area contributed by atoms with Crippen molar-refractivity contribution < 1.29 is 19.1 Å². The fourth-order valence-corrected chi connectivity index (χ4v) is 3.70. The van der Waals surface area contributed by atoms with Crippen LogP contribution in [0.4, 0.5) is 11.4 Å². The fourth-order valence-electron chi connectivity index (χ4n) is 2.76. The molecule has 7 nitrogen and oxygen atoms in total. The number of fused-ring (bicyclic) bond motifs is 1. The first-order valence-corrected chi connectivity index (χ1v) is 9.66. The van der Waals surface area contributed by atoms with Gasteiger partial charge in [0.2, 0.25) is 17.7 Å². The number of rotatable bonds is 6. The van der Waals surface area contributed by atoms with Gasteiger partial charge in [0, 0.05) is 17.6 Å². The summed E-state index contributed by atoms with van der Waals surface area (Å²) in [5.74, 6) is 0.247. The Bertz CT molecular complexity index is 885. The average Bonchev–Trinajstić information content (AvgIpc) is 2.70. The van der Waals surface area contributed by atoms with Crippen LogP contribution in [-0.2, 0) is 14.4 Å². The summed E-state index contributed by atoms with van der Waals surface area (Å²) >= 11 is 1.46. The van der Waals surface area contributed by atoms with Crippen LogP contribution in [0.1, 0.15) is 0 Å². The Balaban J connectivity index is 1.58. The topological polar surface area (TPSA) is 79.0 Å². The highest BCUT2D eigenvalue weighted by molar-refractivity contribution is 8.00. The van der Waals surface area contributed by atoms with Crippen molar-refractivity contribution in [3.63, 3.8) is 0 Å². The lowest BCUT2D eigenvalue weighted by atomic mass is 10.2. The Kier molecular flexibility index (Phi) is 6.20. The minimum atomic E-state index is -0.318. The zero-order chi connectivity index (χ0) is 20.1. The maximum absolute atomic E-state index is 12.6. The summed E-state index contributed by atoms with van der Waals surface area (Å²) in [7, 11) is 3.11. The van der Waals surface area contributed by atoms with E-state index in [1.807, 2.05) is 24.3 Å². The summed E-state index contributed by atoms with van der Waals surface area (Å²) in [5.41, 5.74) is 1.34. The molecule has 1 aliphatic rings. The number of hydrogen-bond donors (Lipinski definition) is 1. The van der Waals surface area contributed by atoms with Crippen molar-refractivity contribution in [3.05, 3.63) is 48.5 Å². The van der Waals surface area contributed by atoms with Crippen LogP contribution in [0, 0.1) is 0 Å². The molecule has 0 radical (unpaired) electrons. The molecule has 0 unspecified atom stereocenters. The fraction of sp³-hybridized carbons (Fsp3) is 0.250. The predicted octanol–water partition coefficient (Wildman–Crippen LogP) is 2.23. The van der Waals surface area contributed by atoms with E-state index in [0.717, 1.165) is 10.6 Å². The largest absolute Gasteiger partial charge is 0.497 e. The number of amides is 3. The number of carbonyl (C=O) groups is 3. The van der Waals surface area contributed by atoms with E-state index in [4.69, 9.17) is 4.74 Å². The number of hydrogen-bond acceptors (Lipinski definition) is 5. The molecule has 8 heteroatoms. The first-order valence-electron chi connectivity index (χ1n) is 8.68. The van der Waals surface area contributed by atoms with E-state index in [0.29, 0.717) is 17.2 Å². The molecule has 0 bridgehead atoms. The normalized spacial score (nSPS) is 12.9. The van der Waals surface area contributed by atoms with Gasteiger partial charge in [0.25, 0.3) is 0 Å². The number of carbonyl (C=O) groups excluding carboxylic acids is 3. The van der Waals surface area contributed by atoms with Crippen molar-refractivity contribution in [2.24, 2.45) is 0 Å². The number of anilines is 2. The molecular weight excluding hydrogens is 378 g/mol. The molecule has 1 heterocycles. The molecule has 1 aliphatic heterocycles. The molecule has 0 saturated carbocycles. The van der Waals surface area contributed by atoms with Gasteiger partial charge < -0.3 is 19.9 Å². The van der Waals surface area contributed by atoms with E-state index in [-0.39, 0.29) is 30.8 Å². The number of methoxy groups -OCH3 is 1. The van der Waals surface area contributed by atoms with Gasteiger partial charge in [-0.2, -0.15) is 0 Å². The van der Waals surface area contributed by atoms with Crippen molar-refractivity contribution in [1.82, 2.24) is 4.90 Å². The molecule has 28 heavy (non-hydrogen) atoms. The molecule has 3 amide bonds. The molecule has 0 aliphatic carbocycles. The highest BCUT2D eigenvalue weighted by atomic mass is 32.2. The van der Waals surface area contributed by atoms with Gasteiger partial charge in [-0.05, 0) is 36.4 Å². The second kappa shape index (κ2) is 8.79. The molecule has 0 saturated heterocycles. The number of nitrogens with zero attached hydrogens (tertiary/aromatic N) is 2. The maximum atomic E-state index is 12.6. The molecule has 1 N–H and O–H groups in total. The molecular formula is C20H21N3O4S. The van der Waals surface area contributed by atoms with E-state index >= 15 is 0 Å². The second-order valence-corrected chi connectivity index (χ2v) is 7.28. The smallest absolute Gasteiger partial charge is 0.243 e. The van der Waals surface area contributed by atoms with Gasteiger partial charge in [-0.3, -0.25) is 14.4 Å². The van der Waals surface area contributed by atoms with Gasteiger partial charge in [0.1, 0.15) is 12.3 Å². The first kappa shape index (κ1) is 19.8. The minimum absolute atomic E-state index is 0.0945. The van der Waals surface area contributed by atoms with Crippen LogP contribution >= 0.6 is 11.8 Å². The van der Waals surface area contributed by atoms with Crippen LogP contribution in [0.3, 0.4) is 0 Å². The summed E-state index contributed by atoms with van der Waals surface area (Å²) in [6.45, 7) is -0.202. The quantitative estimate of drug-likeness (QED) is 0.806. The van der Waals surface area contributed by atoms with Crippen molar-refractivity contribution in [3.8, 4) is 5.75 Å². The van der Waals surface area contributed by atoms with E-state index in [1.165, 1.54) is 21.6 Å². The van der Waals surface area contributed by atoms with Crippen LogP contribution in [0.15, 0.2) is 53.4 Å². The van der Waals surface area contributed by atoms with Crippen molar-refractivity contribution >= 4 is 40.9 Å². The summed E-state index contributed by atoms with van der Waals surface area (Å²) in [5, 5.41) is 2.73. The van der Waals surface area contributed by atoms with Crippen molar-refractivity contribution in [2.45, 2.75) is 4.90 Å². The van der Waals surface area contributed by atoms with Crippen molar-refractivity contribution in [2.75, 3.05) is 43.2 Å². The van der Waals surface area contributed by atoms with Crippen LogP contribution in [0.5, 0.6) is 5.75 Å². The summed E-state index contributed by atoms with van der Waals surface area (Å²) in [6, 6.07) is 14.4. The lowest BCUT2D eigenvalue weighted by Gasteiger charge is -2.29. The predicted molar refractivity (Wildman–Crippen MR) is 109 cm³/mol. The summed E-state index contributed by atoms with van der Waals surface area (Å²) in [4.78, 5) is 40.8. The van der Waals surface area contributed by atoms with Gasteiger partial charge in [0.05, 0.1) is 25.1 Å².